The first kappa shape index (κ1) is 10.5. The minimum absolute atomic E-state index is 0.135. The van der Waals surface area contributed by atoms with Crippen LogP contribution in [0.25, 0.3) is 0 Å². The van der Waals surface area contributed by atoms with Crippen molar-refractivity contribution in [2.75, 3.05) is 6.61 Å². The van der Waals surface area contributed by atoms with Crippen LogP contribution in [0.15, 0.2) is 24.5 Å². The predicted octanol–water partition coefficient (Wildman–Crippen LogP) is 1.01. The molecule has 4 nitrogen and oxygen atoms in total. The number of hydrogen-bond acceptors (Lipinski definition) is 4. The second kappa shape index (κ2) is 4.70. The molecule has 2 rings (SSSR count). The van der Waals surface area contributed by atoms with E-state index < -0.39 is 0 Å². The van der Waals surface area contributed by atoms with Gasteiger partial charge in [0.25, 0.3) is 0 Å². The van der Waals surface area contributed by atoms with E-state index in [9.17, 15) is 0 Å². The molecule has 1 saturated heterocycles. The van der Waals surface area contributed by atoms with Crippen molar-refractivity contribution in [1.29, 1.82) is 0 Å². The number of ether oxygens (including phenoxy) is 1. The van der Waals surface area contributed by atoms with Crippen LogP contribution in [0.2, 0.25) is 0 Å². The van der Waals surface area contributed by atoms with Gasteiger partial charge in [-0.25, -0.2) is 0 Å². The van der Waals surface area contributed by atoms with Gasteiger partial charge < -0.3 is 4.74 Å². The van der Waals surface area contributed by atoms with Crippen LogP contribution in [0.4, 0.5) is 0 Å². The standard InChI is InChI=1S/C11H17N3O/c1-8-10(4-6-15-8)11(14-12)9-3-2-5-13-7-9/h2-3,5,7-8,10-11,14H,4,6,12H2,1H3. The van der Waals surface area contributed by atoms with E-state index in [1.165, 1.54) is 0 Å². The van der Waals surface area contributed by atoms with Crippen molar-refractivity contribution < 1.29 is 4.74 Å². The number of hydrazine groups is 1. The van der Waals surface area contributed by atoms with Gasteiger partial charge in [-0.1, -0.05) is 6.07 Å². The molecular formula is C11H17N3O. The van der Waals surface area contributed by atoms with Crippen molar-refractivity contribution in [3.63, 3.8) is 0 Å². The summed E-state index contributed by atoms with van der Waals surface area (Å²) in [5.74, 6) is 6.04. The Labute approximate surface area is 89.8 Å². The summed E-state index contributed by atoms with van der Waals surface area (Å²) in [4.78, 5) is 4.11. The summed E-state index contributed by atoms with van der Waals surface area (Å²) in [5.41, 5.74) is 4.00. The van der Waals surface area contributed by atoms with Crippen LogP contribution in [0.3, 0.4) is 0 Å². The smallest absolute Gasteiger partial charge is 0.0594 e. The van der Waals surface area contributed by atoms with E-state index in [2.05, 4.69) is 17.3 Å². The quantitative estimate of drug-likeness (QED) is 0.573. The summed E-state index contributed by atoms with van der Waals surface area (Å²) in [5, 5.41) is 0. The first-order valence-electron chi connectivity index (χ1n) is 5.30. The largest absolute Gasteiger partial charge is 0.378 e. The molecule has 3 N–H and O–H groups in total. The number of nitrogens with zero attached hydrogens (tertiary/aromatic N) is 1. The average molecular weight is 207 g/mol. The Morgan fingerprint density at radius 1 is 1.67 bits per heavy atom. The van der Waals surface area contributed by atoms with Gasteiger partial charge in [-0.3, -0.25) is 16.3 Å². The molecule has 1 aliphatic rings. The van der Waals surface area contributed by atoms with Crippen molar-refractivity contribution in [2.45, 2.75) is 25.5 Å². The van der Waals surface area contributed by atoms with E-state index in [1.807, 2.05) is 18.3 Å². The molecule has 2 heterocycles. The lowest BCUT2D eigenvalue weighted by atomic mass is 9.89. The Hall–Kier alpha value is -0.970. The van der Waals surface area contributed by atoms with Crippen molar-refractivity contribution in [3.8, 4) is 0 Å². The summed E-state index contributed by atoms with van der Waals surface area (Å²) >= 11 is 0. The van der Waals surface area contributed by atoms with Gasteiger partial charge in [-0.05, 0) is 25.0 Å². The summed E-state index contributed by atoms with van der Waals surface area (Å²) in [7, 11) is 0. The zero-order chi connectivity index (χ0) is 10.7. The second-order valence-electron chi connectivity index (χ2n) is 3.96. The molecule has 0 saturated carbocycles. The van der Waals surface area contributed by atoms with Crippen molar-refractivity contribution >= 4 is 0 Å². The van der Waals surface area contributed by atoms with Crippen LogP contribution in [0.5, 0.6) is 0 Å². The summed E-state index contributed by atoms with van der Waals surface area (Å²) in [6.45, 7) is 2.92. The highest BCUT2D eigenvalue weighted by molar-refractivity contribution is 5.15. The number of nitrogens with two attached hydrogens (primary N) is 1. The Morgan fingerprint density at radius 2 is 2.53 bits per heavy atom. The van der Waals surface area contributed by atoms with Crippen LogP contribution in [-0.2, 0) is 4.74 Å². The molecule has 4 heteroatoms. The molecule has 0 bridgehead atoms. The van der Waals surface area contributed by atoms with Gasteiger partial charge in [0.05, 0.1) is 12.1 Å². The molecule has 0 aromatic carbocycles. The summed E-state index contributed by atoms with van der Waals surface area (Å²) in [6.07, 6.45) is 4.93. The van der Waals surface area contributed by atoms with Crippen LogP contribution < -0.4 is 11.3 Å². The fourth-order valence-electron chi connectivity index (χ4n) is 2.21. The summed E-state index contributed by atoms with van der Waals surface area (Å²) in [6, 6.07) is 4.11. The van der Waals surface area contributed by atoms with Gasteiger partial charge >= 0.3 is 0 Å². The Balaban J connectivity index is 2.17. The molecule has 1 aromatic rings. The molecule has 15 heavy (non-hydrogen) atoms. The molecule has 0 radical (unpaired) electrons. The van der Waals surface area contributed by atoms with Gasteiger partial charge in [0.1, 0.15) is 0 Å². The van der Waals surface area contributed by atoms with E-state index >= 15 is 0 Å². The lowest BCUT2D eigenvalue weighted by Crippen LogP contribution is -2.36. The van der Waals surface area contributed by atoms with E-state index in [-0.39, 0.29) is 12.1 Å². The SMILES string of the molecule is CC1OCCC1C(NN)c1cccnc1. The highest BCUT2D eigenvalue weighted by Crippen LogP contribution is 2.32. The topological polar surface area (TPSA) is 60.2 Å². The minimum atomic E-state index is 0.135. The average Bonchev–Trinajstić information content (AvgIpc) is 2.68. The van der Waals surface area contributed by atoms with Gasteiger partial charge in [0.15, 0.2) is 0 Å². The molecule has 1 fully saturated rings. The Bertz CT molecular complexity index is 304. The highest BCUT2D eigenvalue weighted by atomic mass is 16.5. The zero-order valence-corrected chi connectivity index (χ0v) is 8.89. The Morgan fingerprint density at radius 3 is 3.07 bits per heavy atom. The van der Waals surface area contributed by atoms with E-state index in [4.69, 9.17) is 10.6 Å². The monoisotopic (exact) mass is 207 g/mol. The first-order chi connectivity index (χ1) is 7.33. The van der Waals surface area contributed by atoms with Gasteiger partial charge in [-0.2, -0.15) is 0 Å². The number of nitrogens with one attached hydrogen (secondary N) is 1. The lowest BCUT2D eigenvalue weighted by molar-refractivity contribution is 0.0953. The number of rotatable bonds is 3. The molecule has 1 aliphatic heterocycles. The maximum absolute atomic E-state index is 5.61. The summed E-state index contributed by atoms with van der Waals surface area (Å²) < 4.78 is 5.55. The van der Waals surface area contributed by atoms with E-state index in [1.54, 1.807) is 6.20 Å². The zero-order valence-electron chi connectivity index (χ0n) is 8.89. The van der Waals surface area contributed by atoms with Crippen molar-refractivity contribution in [3.05, 3.63) is 30.1 Å². The molecule has 1 aromatic heterocycles. The maximum atomic E-state index is 5.61. The molecule has 3 atom stereocenters. The Kier molecular flexibility index (Phi) is 3.30. The number of hydrogen-bond donors (Lipinski definition) is 2. The molecule has 0 spiro atoms. The minimum Gasteiger partial charge on any atom is -0.378 e. The normalized spacial score (nSPS) is 27.9. The van der Waals surface area contributed by atoms with E-state index in [0.29, 0.717) is 5.92 Å². The third-order valence-corrected chi connectivity index (χ3v) is 3.09. The van der Waals surface area contributed by atoms with Crippen LogP contribution in [0.1, 0.15) is 24.9 Å². The fourth-order valence-corrected chi connectivity index (χ4v) is 2.21. The van der Waals surface area contributed by atoms with E-state index in [0.717, 1.165) is 18.6 Å². The molecule has 0 aliphatic carbocycles. The molecule has 3 unspecified atom stereocenters. The number of pyridine rings is 1. The molecule has 82 valence electrons. The van der Waals surface area contributed by atoms with Crippen LogP contribution in [-0.4, -0.2) is 17.7 Å². The highest BCUT2D eigenvalue weighted by Gasteiger charge is 2.32. The van der Waals surface area contributed by atoms with Gasteiger partial charge in [0, 0.05) is 24.9 Å². The van der Waals surface area contributed by atoms with Crippen molar-refractivity contribution in [2.24, 2.45) is 11.8 Å². The molecule has 0 amide bonds. The third-order valence-electron chi connectivity index (χ3n) is 3.09. The first-order valence-corrected chi connectivity index (χ1v) is 5.30. The third kappa shape index (κ3) is 2.17. The maximum Gasteiger partial charge on any atom is 0.0594 e. The van der Waals surface area contributed by atoms with Crippen LogP contribution >= 0.6 is 0 Å². The van der Waals surface area contributed by atoms with Gasteiger partial charge in [0.2, 0.25) is 0 Å². The second-order valence-corrected chi connectivity index (χ2v) is 3.96. The molecular weight excluding hydrogens is 190 g/mol. The van der Waals surface area contributed by atoms with Crippen LogP contribution in [0, 0.1) is 5.92 Å². The fraction of sp³-hybridized carbons (Fsp3) is 0.545. The number of aromatic nitrogens is 1. The van der Waals surface area contributed by atoms with Gasteiger partial charge in [-0.15, -0.1) is 0 Å². The predicted molar refractivity (Wildman–Crippen MR) is 57.8 cm³/mol. The lowest BCUT2D eigenvalue weighted by Gasteiger charge is -2.25. The van der Waals surface area contributed by atoms with Crippen molar-refractivity contribution in [1.82, 2.24) is 10.4 Å².